The zero-order valence-electron chi connectivity index (χ0n) is 8.23. The van der Waals surface area contributed by atoms with E-state index in [2.05, 4.69) is 22.8 Å². The van der Waals surface area contributed by atoms with Crippen molar-refractivity contribution in [3.8, 4) is 0 Å². The van der Waals surface area contributed by atoms with Crippen LogP contribution in [0.5, 0.6) is 0 Å². The first-order valence-corrected chi connectivity index (χ1v) is 5.22. The Labute approximate surface area is 94.7 Å². The van der Waals surface area contributed by atoms with Crippen molar-refractivity contribution >= 4 is 17.3 Å². The molecule has 2 N–H and O–H groups in total. The maximum Gasteiger partial charge on any atom is 0.174 e. The molecule has 0 fully saturated rings. The molecule has 0 spiro atoms. The molecule has 0 saturated carbocycles. The molecular weight excluding hydrogens is 204 g/mol. The van der Waals surface area contributed by atoms with Crippen LogP contribution < -0.4 is 10.6 Å². The van der Waals surface area contributed by atoms with Crippen molar-refractivity contribution in [1.82, 2.24) is 10.6 Å². The van der Waals surface area contributed by atoms with Crippen molar-refractivity contribution in [2.45, 2.75) is 6.42 Å². The van der Waals surface area contributed by atoms with Crippen molar-refractivity contribution in [2.24, 2.45) is 0 Å². The molecule has 0 saturated heterocycles. The Kier molecular flexibility index (Phi) is 3.15. The molecule has 0 radical (unpaired) electrons. The topological polar surface area (TPSA) is 24.1 Å². The molecule has 0 amide bonds. The third-order valence-corrected chi connectivity index (χ3v) is 2.34. The summed E-state index contributed by atoms with van der Waals surface area (Å²) in [5, 5.41) is 6.74. The number of thiocarbonyl (C=S) groups is 1. The minimum atomic E-state index is 0.644. The average molecular weight is 216 g/mol. The molecule has 0 bridgehead atoms. The van der Waals surface area contributed by atoms with Gasteiger partial charge in [0.2, 0.25) is 0 Å². The molecule has 1 aromatic carbocycles. The van der Waals surface area contributed by atoms with Gasteiger partial charge in [0.1, 0.15) is 0 Å². The summed E-state index contributed by atoms with van der Waals surface area (Å²) in [5.74, 6) is 0. The van der Waals surface area contributed by atoms with Crippen molar-refractivity contribution in [3.05, 3.63) is 59.9 Å². The Morgan fingerprint density at radius 2 is 1.93 bits per heavy atom. The fourth-order valence-corrected chi connectivity index (χ4v) is 1.63. The van der Waals surface area contributed by atoms with E-state index in [0.29, 0.717) is 5.11 Å². The minimum absolute atomic E-state index is 0.644. The van der Waals surface area contributed by atoms with Crippen LogP contribution in [-0.4, -0.2) is 5.11 Å². The van der Waals surface area contributed by atoms with Crippen molar-refractivity contribution in [3.63, 3.8) is 0 Å². The minimum Gasteiger partial charge on any atom is -0.339 e. The van der Waals surface area contributed by atoms with Crippen molar-refractivity contribution < 1.29 is 0 Å². The van der Waals surface area contributed by atoms with Gasteiger partial charge in [0.05, 0.1) is 0 Å². The standard InChI is InChI=1S/C12H12N2S/c15-12-13-8-4-7-11(14-12)9-10-5-2-1-3-6-10/h1-8H,9H2,(H2,13,14,15). The van der Waals surface area contributed by atoms with Crippen LogP contribution >= 0.6 is 12.2 Å². The van der Waals surface area contributed by atoms with Crippen LogP contribution in [0.25, 0.3) is 0 Å². The Bertz CT molecular complexity index is 407. The molecule has 2 rings (SSSR count). The lowest BCUT2D eigenvalue weighted by molar-refractivity contribution is 0.999. The van der Waals surface area contributed by atoms with E-state index < -0.39 is 0 Å². The van der Waals surface area contributed by atoms with Crippen LogP contribution in [0.15, 0.2) is 54.4 Å². The lowest BCUT2D eigenvalue weighted by Crippen LogP contribution is -2.30. The van der Waals surface area contributed by atoms with E-state index >= 15 is 0 Å². The summed E-state index contributed by atoms with van der Waals surface area (Å²) in [4.78, 5) is 0. The van der Waals surface area contributed by atoms with Crippen molar-refractivity contribution in [2.75, 3.05) is 0 Å². The van der Waals surface area contributed by atoms with E-state index in [0.717, 1.165) is 12.1 Å². The Morgan fingerprint density at radius 1 is 1.13 bits per heavy atom. The van der Waals surface area contributed by atoms with Gasteiger partial charge in [0.25, 0.3) is 0 Å². The largest absolute Gasteiger partial charge is 0.339 e. The Balaban J connectivity index is 2.09. The quantitative estimate of drug-likeness (QED) is 0.740. The van der Waals surface area contributed by atoms with Crippen LogP contribution in [0.4, 0.5) is 0 Å². The van der Waals surface area contributed by atoms with E-state index in [4.69, 9.17) is 12.2 Å². The van der Waals surface area contributed by atoms with E-state index in [1.807, 2.05) is 36.6 Å². The summed E-state index contributed by atoms with van der Waals surface area (Å²) in [6.45, 7) is 0. The first-order valence-electron chi connectivity index (χ1n) is 4.82. The fraction of sp³-hybridized carbons (Fsp3) is 0.0833. The zero-order chi connectivity index (χ0) is 10.5. The van der Waals surface area contributed by atoms with Gasteiger partial charge in [-0.3, -0.25) is 0 Å². The van der Waals surface area contributed by atoms with Gasteiger partial charge in [-0.1, -0.05) is 30.3 Å². The van der Waals surface area contributed by atoms with Gasteiger partial charge >= 0.3 is 0 Å². The summed E-state index contributed by atoms with van der Waals surface area (Å²) in [6.07, 6.45) is 6.67. The van der Waals surface area contributed by atoms with E-state index in [9.17, 15) is 0 Å². The van der Waals surface area contributed by atoms with Crippen LogP contribution in [0.1, 0.15) is 5.56 Å². The first-order chi connectivity index (χ1) is 7.34. The monoisotopic (exact) mass is 216 g/mol. The van der Waals surface area contributed by atoms with Crippen LogP contribution in [0.3, 0.4) is 0 Å². The Morgan fingerprint density at radius 3 is 2.73 bits per heavy atom. The maximum absolute atomic E-state index is 5.07. The van der Waals surface area contributed by atoms with Crippen LogP contribution in [-0.2, 0) is 6.42 Å². The van der Waals surface area contributed by atoms with Gasteiger partial charge in [0, 0.05) is 18.3 Å². The first kappa shape index (κ1) is 9.93. The Hall–Kier alpha value is -1.61. The highest BCUT2D eigenvalue weighted by Crippen LogP contribution is 2.06. The maximum atomic E-state index is 5.07. The molecule has 1 heterocycles. The summed E-state index contributed by atoms with van der Waals surface area (Å²) < 4.78 is 0. The molecule has 0 unspecified atom stereocenters. The highest BCUT2D eigenvalue weighted by molar-refractivity contribution is 7.80. The average Bonchev–Trinajstić information content (AvgIpc) is 2.44. The fourth-order valence-electron chi connectivity index (χ4n) is 1.43. The predicted octanol–water partition coefficient (Wildman–Crippen LogP) is 2.10. The molecule has 1 aliphatic heterocycles. The lowest BCUT2D eigenvalue weighted by atomic mass is 10.1. The number of allylic oxidation sites excluding steroid dienone is 3. The van der Waals surface area contributed by atoms with E-state index in [1.165, 1.54) is 5.56 Å². The second-order valence-corrected chi connectivity index (χ2v) is 3.72. The number of rotatable bonds is 2. The molecule has 0 atom stereocenters. The molecule has 1 aromatic rings. The molecule has 3 heteroatoms. The summed E-state index contributed by atoms with van der Waals surface area (Å²) in [7, 11) is 0. The second kappa shape index (κ2) is 4.75. The SMILES string of the molecule is S=C1NC=CC=C(Cc2ccccc2)N1. The van der Waals surface area contributed by atoms with Gasteiger partial charge in [-0.25, -0.2) is 0 Å². The van der Waals surface area contributed by atoms with Crippen LogP contribution in [0.2, 0.25) is 0 Å². The molecule has 2 nitrogen and oxygen atoms in total. The third kappa shape index (κ3) is 2.92. The van der Waals surface area contributed by atoms with E-state index in [-0.39, 0.29) is 0 Å². The van der Waals surface area contributed by atoms with Gasteiger partial charge in [-0.15, -0.1) is 0 Å². The van der Waals surface area contributed by atoms with Crippen molar-refractivity contribution in [1.29, 1.82) is 0 Å². The highest BCUT2D eigenvalue weighted by Gasteiger charge is 2.02. The smallest absolute Gasteiger partial charge is 0.174 e. The summed E-state index contributed by atoms with van der Waals surface area (Å²) >= 11 is 5.07. The number of benzene rings is 1. The van der Waals surface area contributed by atoms with Crippen LogP contribution in [0, 0.1) is 0 Å². The highest BCUT2D eigenvalue weighted by atomic mass is 32.1. The molecular formula is C12H12N2S. The molecule has 15 heavy (non-hydrogen) atoms. The number of nitrogens with one attached hydrogen (secondary N) is 2. The third-order valence-electron chi connectivity index (χ3n) is 2.12. The summed E-state index contributed by atoms with van der Waals surface area (Å²) in [6, 6.07) is 10.3. The van der Waals surface area contributed by atoms with Gasteiger partial charge in [-0.2, -0.15) is 0 Å². The van der Waals surface area contributed by atoms with Gasteiger partial charge < -0.3 is 10.6 Å². The van der Waals surface area contributed by atoms with E-state index in [1.54, 1.807) is 0 Å². The van der Waals surface area contributed by atoms with Gasteiger partial charge in [-0.05, 0) is 29.9 Å². The number of hydrogen-bond acceptors (Lipinski definition) is 1. The zero-order valence-corrected chi connectivity index (χ0v) is 9.05. The molecule has 0 aromatic heterocycles. The summed E-state index contributed by atoms with van der Waals surface area (Å²) in [5.41, 5.74) is 2.38. The molecule has 76 valence electrons. The molecule has 0 aliphatic carbocycles. The molecule has 1 aliphatic rings. The normalized spacial score (nSPS) is 14.9. The predicted molar refractivity (Wildman–Crippen MR) is 66.2 cm³/mol. The van der Waals surface area contributed by atoms with Gasteiger partial charge in [0.15, 0.2) is 5.11 Å². The second-order valence-electron chi connectivity index (χ2n) is 3.31. The lowest BCUT2D eigenvalue weighted by Gasteiger charge is -2.09. The number of hydrogen-bond donors (Lipinski definition) is 2.